The van der Waals surface area contributed by atoms with Crippen molar-refractivity contribution in [2.75, 3.05) is 39.4 Å². The number of likely N-dealkylation sites (tertiary alicyclic amines) is 2. The van der Waals surface area contributed by atoms with Gasteiger partial charge in [0.15, 0.2) is 5.78 Å². The van der Waals surface area contributed by atoms with Crippen LogP contribution in [0.15, 0.2) is 58.1 Å². The Kier molecular flexibility index (Phi) is 13.3. The molecule has 64 heavy (non-hydrogen) atoms. The van der Waals surface area contributed by atoms with Crippen molar-refractivity contribution in [3.05, 3.63) is 69.5 Å². The van der Waals surface area contributed by atoms with Crippen molar-refractivity contribution >= 4 is 46.1 Å². The molecule has 2 aromatic carbocycles. The molecule has 3 amide bonds. The largest absolute Gasteiger partial charge is 0.450 e. The second-order valence-corrected chi connectivity index (χ2v) is 19.0. The Morgan fingerprint density at radius 2 is 1.09 bits per heavy atom. The van der Waals surface area contributed by atoms with Crippen LogP contribution in [0.3, 0.4) is 0 Å². The molecule has 2 aromatic heterocycles. The van der Waals surface area contributed by atoms with Crippen molar-refractivity contribution in [1.29, 1.82) is 0 Å². The van der Waals surface area contributed by atoms with Crippen LogP contribution in [-0.4, -0.2) is 138 Å². The Hall–Kier alpha value is -5.58. The Morgan fingerprint density at radius 3 is 1.58 bits per heavy atom. The minimum absolute atomic E-state index is 0.00778. The minimum Gasteiger partial charge on any atom is -0.450 e. The number of carbonyl (C=O) groups is 4. The van der Waals surface area contributed by atoms with Crippen LogP contribution in [0.1, 0.15) is 111 Å². The first-order valence-electron chi connectivity index (χ1n) is 23.2. The highest BCUT2D eigenvalue weighted by Gasteiger charge is 2.48. The predicted molar refractivity (Wildman–Crippen MR) is 240 cm³/mol. The topological polar surface area (TPSA) is 185 Å². The second-order valence-electron chi connectivity index (χ2n) is 19.0. The average molecular weight is 885 g/mol. The van der Waals surface area contributed by atoms with Gasteiger partial charge in [0.2, 0.25) is 0 Å². The van der Waals surface area contributed by atoms with E-state index in [1.165, 1.54) is 17.7 Å². The summed E-state index contributed by atoms with van der Waals surface area (Å²) in [7, 11) is 0. The van der Waals surface area contributed by atoms with Gasteiger partial charge in [0.25, 0.3) is 0 Å². The van der Waals surface area contributed by atoms with Gasteiger partial charge in [-0.3, -0.25) is 18.8 Å². The highest BCUT2D eigenvalue weighted by atomic mass is 16.6. The Bertz CT molecular complexity index is 2420. The van der Waals surface area contributed by atoms with Crippen molar-refractivity contribution in [2.45, 2.75) is 147 Å². The third-order valence-corrected chi connectivity index (χ3v) is 13.7. The van der Waals surface area contributed by atoms with E-state index in [2.05, 4.69) is 14.9 Å². The zero-order valence-corrected chi connectivity index (χ0v) is 37.8. The number of aromatic nitrogens is 4. The fourth-order valence-electron chi connectivity index (χ4n) is 11.2. The molecule has 6 aliphatic heterocycles. The van der Waals surface area contributed by atoms with Crippen molar-refractivity contribution in [1.82, 2.24) is 38.7 Å². The molecule has 10 rings (SSSR count). The molecule has 346 valence electrons. The summed E-state index contributed by atoms with van der Waals surface area (Å²) in [6, 6.07) is 17.9. The number of para-hydroxylation sites is 4. The lowest BCUT2D eigenvalue weighted by atomic mass is 9.94. The number of nitrogens with zero attached hydrogens (tertiary/aromatic N) is 6. The number of hydrogen-bond donors (Lipinski definition) is 2. The van der Waals surface area contributed by atoms with E-state index in [9.17, 15) is 28.8 Å². The zero-order valence-electron chi connectivity index (χ0n) is 37.8. The van der Waals surface area contributed by atoms with Crippen molar-refractivity contribution in [3.63, 3.8) is 0 Å². The highest BCUT2D eigenvalue weighted by molar-refractivity contribution is 5.87. The number of Topliss-reactive ketones (excluding diaryl/α,β-unsaturated/α-hetero) is 1. The summed E-state index contributed by atoms with van der Waals surface area (Å²) in [6.45, 7) is 12.4. The lowest BCUT2D eigenvalue weighted by molar-refractivity contribution is -0.116. The van der Waals surface area contributed by atoms with Crippen molar-refractivity contribution < 1.29 is 33.4 Å². The molecular formula is C47H64N8O9. The smallest absolute Gasteiger partial charge is 0.410 e. The lowest BCUT2D eigenvalue weighted by Gasteiger charge is -2.42. The molecule has 17 nitrogen and oxygen atoms in total. The molecule has 0 saturated carbocycles. The molecule has 6 saturated heterocycles. The highest BCUT2D eigenvalue weighted by Crippen LogP contribution is 2.44. The molecule has 5 atom stereocenters. The summed E-state index contributed by atoms with van der Waals surface area (Å²) in [5.41, 5.74) is 3.21. The Balaban J connectivity index is 0.000000143. The van der Waals surface area contributed by atoms with E-state index in [0.29, 0.717) is 44.3 Å². The fraction of sp³-hybridized carbons (Fsp3) is 0.617. The summed E-state index contributed by atoms with van der Waals surface area (Å²) >= 11 is 0. The molecule has 6 aliphatic rings. The Labute approximate surface area is 372 Å². The van der Waals surface area contributed by atoms with Crippen LogP contribution in [0.2, 0.25) is 0 Å². The van der Waals surface area contributed by atoms with Crippen molar-refractivity contribution in [3.8, 4) is 0 Å². The van der Waals surface area contributed by atoms with Crippen LogP contribution in [0, 0.1) is 0 Å². The van der Waals surface area contributed by atoms with Gasteiger partial charge in [-0.15, -0.1) is 0 Å². The number of ketones is 1. The van der Waals surface area contributed by atoms with Crippen LogP contribution in [0.4, 0.5) is 14.4 Å². The van der Waals surface area contributed by atoms with E-state index in [1.807, 2.05) is 95.2 Å². The first-order valence-corrected chi connectivity index (χ1v) is 23.2. The van der Waals surface area contributed by atoms with Gasteiger partial charge in [-0.1, -0.05) is 24.3 Å². The van der Waals surface area contributed by atoms with Crippen molar-refractivity contribution in [2.24, 2.45) is 0 Å². The summed E-state index contributed by atoms with van der Waals surface area (Å²) in [4.78, 5) is 85.2. The van der Waals surface area contributed by atoms with Crippen LogP contribution in [-0.2, 0) is 19.0 Å². The Morgan fingerprint density at radius 1 is 0.609 bits per heavy atom. The van der Waals surface area contributed by atoms with Crippen LogP contribution in [0.5, 0.6) is 0 Å². The lowest BCUT2D eigenvalue weighted by Crippen LogP contribution is -2.50. The number of benzene rings is 2. The number of fused-ring (bicyclic) bond motifs is 6. The van der Waals surface area contributed by atoms with E-state index in [4.69, 9.17) is 14.2 Å². The van der Waals surface area contributed by atoms with Gasteiger partial charge in [-0.2, -0.15) is 0 Å². The van der Waals surface area contributed by atoms with Crippen LogP contribution in [0.25, 0.3) is 22.1 Å². The molecule has 4 bridgehead atoms. The van der Waals surface area contributed by atoms with Gasteiger partial charge >= 0.3 is 29.7 Å². The SMILES string of the molecule is CC(C)(C)OC(=O)N1C2CCC1CC(n1c(=O)[nH]c3ccccc31)C2.CCOC(=O)N1CCC(=O)C1.CCOC(=O)N1CCC(N2C3CCC2CC(n2c(=O)[nH]c4ccccc42)C3)C1. The van der Waals surface area contributed by atoms with Crippen LogP contribution < -0.4 is 11.4 Å². The maximum absolute atomic E-state index is 12.6. The van der Waals surface area contributed by atoms with Gasteiger partial charge in [0.1, 0.15) is 5.60 Å². The summed E-state index contributed by atoms with van der Waals surface area (Å²) in [6.07, 6.45) is 8.68. The number of ether oxygens (including phenoxy) is 3. The maximum Gasteiger partial charge on any atom is 0.410 e. The number of H-pyrrole nitrogens is 2. The molecule has 5 unspecified atom stereocenters. The summed E-state index contributed by atoms with van der Waals surface area (Å²) in [5, 5.41) is 0. The molecule has 0 spiro atoms. The standard InChI is InChI=1S/C21H28N4O3.C19H25N3O3.C7H11NO3/c1-2-28-21(27)23-10-9-16(13-23)24-14-7-8-15(24)12-17(11-14)25-19-6-4-3-5-18(19)22-20(25)26;1-19(2,3)25-18(24)21-12-8-9-13(21)11-14(10-12)22-16-7-5-4-6-15(16)20-17(22)23;1-2-11-7(10)8-4-3-6(9)5-8/h3-6,14-17H,2,7-13H2,1H3,(H,22,26);4-7,12-14H,8-11H2,1-3H3,(H,20,23);2-5H2,1H3. The van der Waals surface area contributed by atoms with E-state index in [-0.39, 0.29) is 66.2 Å². The van der Waals surface area contributed by atoms with E-state index in [0.717, 1.165) is 80.1 Å². The van der Waals surface area contributed by atoms with Gasteiger partial charge < -0.3 is 38.9 Å². The molecule has 8 heterocycles. The molecule has 0 radical (unpaired) electrons. The number of piperidine rings is 2. The predicted octanol–water partition coefficient (Wildman–Crippen LogP) is 6.58. The number of imidazole rings is 2. The van der Waals surface area contributed by atoms with Gasteiger partial charge in [0.05, 0.1) is 41.8 Å². The molecule has 4 aromatic rings. The third-order valence-electron chi connectivity index (χ3n) is 13.7. The number of carbonyl (C=O) groups excluding carboxylic acids is 4. The number of hydrogen-bond acceptors (Lipinski definition) is 10. The molecule has 0 aliphatic carbocycles. The summed E-state index contributed by atoms with van der Waals surface area (Å²) in [5.74, 6) is 0.109. The second kappa shape index (κ2) is 18.9. The summed E-state index contributed by atoms with van der Waals surface area (Å²) < 4.78 is 19.3. The van der Waals surface area contributed by atoms with E-state index < -0.39 is 5.60 Å². The number of nitrogens with one attached hydrogen (secondary N) is 2. The first-order chi connectivity index (χ1) is 30.7. The molecule has 6 fully saturated rings. The molecular weight excluding hydrogens is 821 g/mol. The van der Waals surface area contributed by atoms with Gasteiger partial charge in [0, 0.05) is 68.3 Å². The maximum atomic E-state index is 12.6. The van der Waals surface area contributed by atoms with Crippen LogP contribution >= 0.6 is 0 Å². The monoisotopic (exact) mass is 884 g/mol. The normalized spacial score (nSPS) is 26.4. The fourth-order valence-corrected chi connectivity index (χ4v) is 11.2. The van der Waals surface area contributed by atoms with E-state index >= 15 is 0 Å². The third kappa shape index (κ3) is 9.45. The van der Waals surface area contributed by atoms with E-state index in [1.54, 1.807) is 6.92 Å². The quantitative estimate of drug-likeness (QED) is 0.208. The van der Waals surface area contributed by atoms with Gasteiger partial charge in [-0.05, 0) is 117 Å². The number of amides is 3. The average Bonchev–Trinajstić information content (AvgIpc) is 4.11. The number of aromatic amines is 2. The van der Waals surface area contributed by atoms with Gasteiger partial charge in [-0.25, -0.2) is 24.0 Å². The minimum atomic E-state index is -0.485. The number of rotatable bonds is 5. The molecule has 2 N–H and O–H groups in total. The molecule has 17 heteroatoms. The first kappa shape index (κ1) is 45.0. The zero-order chi connectivity index (χ0) is 45.3.